The average Bonchev–Trinajstić information content (AvgIpc) is 2.39. The van der Waals surface area contributed by atoms with Gasteiger partial charge in [0.1, 0.15) is 0 Å². The summed E-state index contributed by atoms with van der Waals surface area (Å²) in [7, 11) is 4.45. The summed E-state index contributed by atoms with van der Waals surface area (Å²) in [5, 5.41) is 3.54. The number of hydrogen-bond acceptors (Lipinski definition) is 3. The number of likely N-dealkylation sites (N-methyl/N-ethyl adjacent to an activating group) is 2. The fraction of sp³-hybridized carbons (Fsp3) is 1.00. The van der Waals surface area contributed by atoms with Crippen LogP contribution in [-0.2, 0) is 4.74 Å². The van der Waals surface area contributed by atoms with Gasteiger partial charge in [0.15, 0.2) is 0 Å². The van der Waals surface area contributed by atoms with Crippen LogP contribution in [0.4, 0.5) is 0 Å². The molecule has 112 valence electrons. The Kier molecular flexibility index (Phi) is 5.27. The lowest BCUT2D eigenvalue weighted by molar-refractivity contribution is 0.0315. The van der Waals surface area contributed by atoms with Crippen molar-refractivity contribution in [2.24, 2.45) is 11.3 Å². The van der Waals surface area contributed by atoms with Crippen molar-refractivity contribution in [2.75, 3.05) is 33.9 Å². The maximum Gasteiger partial charge on any atom is 0.0469 e. The van der Waals surface area contributed by atoms with Crippen molar-refractivity contribution in [3.05, 3.63) is 0 Å². The number of rotatable bonds is 4. The van der Waals surface area contributed by atoms with Crippen LogP contribution in [0.5, 0.6) is 0 Å². The van der Waals surface area contributed by atoms with Gasteiger partial charge in [0.2, 0.25) is 0 Å². The molecule has 3 heteroatoms. The Bertz CT molecular complexity index is 274. The smallest absolute Gasteiger partial charge is 0.0469 e. The van der Waals surface area contributed by atoms with E-state index in [0.29, 0.717) is 17.5 Å². The Morgan fingerprint density at radius 1 is 1.21 bits per heavy atom. The lowest BCUT2D eigenvalue weighted by Gasteiger charge is -2.45. The molecular formula is C16H32N2O. The first-order valence-electron chi connectivity index (χ1n) is 7.97. The van der Waals surface area contributed by atoms with E-state index in [9.17, 15) is 0 Å². The average molecular weight is 268 g/mol. The summed E-state index contributed by atoms with van der Waals surface area (Å²) in [4.78, 5) is 2.62. The Labute approximate surface area is 119 Å². The largest absolute Gasteiger partial charge is 0.381 e. The van der Waals surface area contributed by atoms with Gasteiger partial charge >= 0.3 is 0 Å². The van der Waals surface area contributed by atoms with Gasteiger partial charge in [0.25, 0.3) is 0 Å². The van der Waals surface area contributed by atoms with E-state index in [1.807, 2.05) is 0 Å². The lowest BCUT2D eigenvalue weighted by atomic mass is 9.72. The predicted molar refractivity (Wildman–Crippen MR) is 80.4 cm³/mol. The standard InChI is InChI=1S/C16H32N2O/c1-16(2)8-5-14(17-3)15(11-16)18(4)12-13-6-9-19-10-7-13/h13-15,17H,5-12H2,1-4H3. The van der Waals surface area contributed by atoms with Crippen molar-refractivity contribution < 1.29 is 4.74 Å². The van der Waals surface area contributed by atoms with Crippen molar-refractivity contribution >= 4 is 0 Å². The molecule has 1 N–H and O–H groups in total. The lowest BCUT2D eigenvalue weighted by Crippen LogP contribution is -2.53. The number of nitrogens with zero attached hydrogens (tertiary/aromatic N) is 1. The van der Waals surface area contributed by atoms with Gasteiger partial charge in [-0.25, -0.2) is 0 Å². The molecule has 1 heterocycles. The first kappa shape index (κ1) is 15.3. The molecule has 0 amide bonds. The zero-order chi connectivity index (χ0) is 13.9. The molecule has 0 aromatic rings. The molecule has 0 radical (unpaired) electrons. The third kappa shape index (κ3) is 4.17. The minimum atomic E-state index is 0.502. The molecule has 1 saturated heterocycles. The molecule has 0 aromatic carbocycles. The fourth-order valence-corrected chi connectivity index (χ4v) is 3.82. The van der Waals surface area contributed by atoms with Gasteiger partial charge in [-0.2, -0.15) is 0 Å². The first-order valence-corrected chi connectivity index (χ1v) is 7.97. The molecule has 1 aliphatic heterocycles. The topological polar surface area (TPSA) is 24.5 Å². The minimum absolute atomic E-state index is 0.502. The molecule has 0 spiro atoms. The molecule has 2 rings (SSSR count). The van der Waals surface area contributed by atoms with E-state index >= 15 is 0 Å². The zero-order valence-corrected chi connectivity index (χ0v) is 13.2. The molecular weight excluding hydrogens is 236 g/mol. The van der Waals surface area contributed by atoms with Crippen LogP contribution >= 0.6 is 0 Å². The van der Waals surface area contributed by atoms with Crippen LogP contribution in [0.25, 0.3) is 0 Å². The summed E-state index contributed by atoms with van der Waals surface area (Å²) in [5.41, 5.74) is 0.502. The summed E-state index contributed by atoms with van der Waals surface area (Å²) in [6.45, 7) is 8.01. The van der Waals surface area contributed by atoms with Gasteiger partial charge < -0.3 is 15.0 Å². The minimum Gasteiger partial charge on any atom is -0.381 e. The highest BCUT2D eigenvalue weighted by Gasteiger charge is 2.36. The third-order valence-electron chi connectivity index (χ3n) is 5.18. The monoisotopic (exact) mass is 268 g/mol. The molecule has 19 heavy (non-hydrogen) atoms. The van der Waals surface area contributed by atoms with Gasteiger partial charge in [0, 0.05) is 31.8 Å². The second kappa shape index (κ2) is 6.55. The van der Waals surface area contributed by atoms with Crippen LogP contribution in [0.2, 0.25) is 0 Å². The van der Waals surface area contributed by atoms with Gasteiger partial charge in [-0.1, -0.05) is 13.8 Å². The highest BCUT2D eigenvalue weighted by atomic mass is 16.5. The Hall–Kier alpha value is -0.120. The van der Waals surface area contributed by atoms with E-state index in [1.54, 1.807) is 0 Å². The Morgan fingerprint density at radius 2 is 1.89 bits per heavy atom. The summed E-state index contributed by atoms with van der Waals surface area (Å²) < 4.78 is 5.47. The molecule has 3 nitrogen and oxygen atoms in total. The van der Waals surface area contributed by atoms with E-state index in [1.165, 1.54) is 38.6 Å². The van der Waals surface area contributed by atoms with Gasteiger partial charge in [-0.15, -0.1) is 0 Å². The van der Waals surface area contributed by atoms with Crippen molar-refractivity contribution in [3.63, 3.8) is 0 Å². The van der Waals surface area contributed by atoms with Crippen molar-refractivity contribution in [3.8, 4) is 0 Å². The zero-order valence-electron chi connectivity index (χ0n) is 13.2. The SMILES string of the molecule is CNC1CCC(C)(C)CC1N(C)CC1CCOCC1. The number of nitrogens with one attached hydrogen (secondary N) is 1. The fourth-order valence-electron chi connectivity index (χ4n) is 3.82. The second-order valence-electron chi connectivity index (χ2n) is 7.36. The molecule has 2 aliphatic rings. The first-order chi connectivity index (χ1) is 9.02. The van der Waals surface area contributed by atoms with Crippen LogP contribution in [0.1, 0.15) is 46.0 Å². The molecule has 2 unspecified atom stereocenters. The van der Waals surface area contributed by atoms with E-state index < -0.39 is 0 Å². The quantitative estimate of drug-likeness (QED) is 0.848. The van der Waals surface area contributed by atoms with E-state index in [2.05, 4.69) is 38.2 Å². The van der Waals surface area contributed by atoms with Crippen LogP contribution < -0.4 is 5.32 Å². The normalized spacial score (nSPS) is 32.7. The van der Waals surface area contributed by atoms with E-state index in [4.69, 9.17) is 4.74 Å². The molecule has 0 bridgehead atoms. The van der Waals surface area contributed by atoms with Gasteiger partial charge in [-0.3, -0.25) is 0 Å². The van der Waals surface area contributed by atoms with Crippen molar-refractivity contribution in [1.29, 1.82) is 0 Å². The number of hydrogen-bond donors (Lipinski definition) is 1. The second-order valence-corrected chi connectivity index (χ2v) is 7.36. The highest BCUT2D eigenvalue weighted by molar-refractivity contribution is 4.93. The molecule has 1 saturated carbocycles. The number of ether oxygens (including phenoxy) is 1. The van der Waals surface area contributed by atoms with Crippen LogP contribution in [0, 0.1) is 11.3 Å². The summed E-state index contributed by atoms with van der Waals surface area (Å²) in [6, 6.07) is 1.36. The molecule has 2 atom stereocenters. The Morgan fingerprint density at radius 3 is 2.53 bits per heavy atom. The highest BCUT2D eigenvalue weighted by Crippen LogP contribution is 2.37. The van der Waals surface area contributed by atoms with Gasteiger partial charge in [0.05, 0.1) is 0 Å². The molecule has 0 aromatic heterocycles. The summed E-state index contributed by atoms with van der Waals surface area (Å²) in [5.74, 6) is 0.835. The maximum absolute atomic E-state index is 5.47. The maximum atomic E-state index is 5.47. The van der Waals surface area contributed by atoms with Gasteiger partial charge in [-0.05, 0) is 57.5 Å². The summed E-state index contributed by atoms with van der Waals surface area (Å²) in [6.07, 6.45) is 6.46. The van der Waals surface area contributed by atoms with Crippen LogP contribution in [0.15, 0.2) is 0 Å². The molecule has 2 fully saturated rings. The van der Waals surface area contributed by atoms with E-state index in [-0.39, 0.29) is 0 Å². The van der Waals surface area contributed by atoms with Crippen molar-refractivity contribution in [1.82, 2.24) is 10.2 Å². The predicted octanol–water partition coefficient (Wildman–Crippen LogP) is 2.51. The Balaban J connectivity index is 1.92. The third-order valence-corrected chi connectivity index (χ3v) is 5.18. The molecule has 1 aliphatic carbocycles. The summed E-state index contributed by atoms with van der Waals surface area (Å²) >= 11 is 0. The van der Waals surface area contributed by atoms with E-state index in [0.717, 1.165) is 19.1 Å². The van der Waals surface area contributed by atoms with Crippen molar-refractivity contribution in [2.45, 2.75) is 58.0 Å². The van der Waals surface area contributed by atoms with Crippen LogP contribution in [0.3, 0.4) is 0 Å². The van der Waals surface area contributed by atoms with Crippen LogP contribution in [-0.4, -0.2) is 50.8 Å².